The smallest absolute Gasteiger partial charge is 0.0951 e. The second-order valence-corrected chi connectivity index (χ2v) is 10.2. The summed E-state index contributed by atoms with van der Waals surface area (Å²) in [4.78, 5) is 0. The van der Waals surface area contributed by atoms with Crippen molar-refractivity contribution in [3.05, 3.63) is 12.2 Å². The fourth-order valence-electron chi connectivity index (χ4n) is 8.13. The van der Waals surface area contributed by atoms with E-state index in [9.17, 15) is 10.2 Å². The van der Waals surface area contributed by atoms with Crippen molar-refractivity contribution in [1.29, 1.82) is 0 Å². The SMILES string of the molecule is CC1(C)C=CC[C@]2(C)[C@@H]1C[C@@H](O)[C@]13C[C@H]4C[C@H](O[C@@]4(C)[C@H]1O)[C@@H]23. The van der Waals surface area contributed by atoms with Crippen molar-refractivity contribution in [1.82, 2.24) is 0 Å². The summed E-state index contributed by atoms with van der Waals surface area (Å²) in [6, 6.07) is 0. The lowest BCUT2D eigenvalue weighted by atomic mass is 9.40. The van der Waals surface area contributed by atoms with Gasteiger partial charge in [0.15, 0.2) is 0 Å². The maximum atomic E-state index is 11.3. The minimum atomic E-state index is -0.523. The van der Waals surface area contributed by atoms with Crippen LogP contribution in [0.25, 0.3) is 0 Å². The molecule has 128 valence electrons. The molecule has 6 rings (SSSR count). The van der Waals surface area contributed by atoms with Crippen LogP contribution < -0.4 is 0 Å². The standard InChI is InChI=1S/C20H30O3/c1-17(2)6-5-7-18(3)13(17)9-14(21)20-10-11-8-12(15(18)20)23-19(11,4)16(20)22/h5-6,11-16,21-22H,7-10H2,1-4H3/t11-,12+,13-,14-,15+,16-,18-,19-,20+/m1/s1. The van der Waals surface area contributed by atoms with E-state index in [1.807, 2.05) is 0 Å². The van der Waals surface area contributed by atoms with Gasteiger partial charge in [-0.25, -0.2) is 0 Å². The zero-order valence-electron chi connectivity index (χ0n) is 14.7. The molecule has 23 heavy (non-hydrogen) atoms. The van der Waals surface area contributed by atoms with Crippen molar-refractivity contribution in [2.24, 2.45) is 34.0 Å². The van der Waals surface area contributed by atoms with Gasteiger partial charge in [0.25, 0.3) is 0 Å². The van der Waals surface area contributed by atoms with Crippen LogP contribution >= 0.6 is 0 Å². The third kappa shape index (κ3) is 1.38. The third-order valence-electron chi connectivity index (χ3n) is 8.92. The summed E-state index contributed by atoms with van der Waals surface area (Å²) in [7, 11) is 0. The van der Waals surface area contributed by atoms with Gasteiger partial charge in [-0.3, -0.25) is 0 Å². The Kier molecular flexibility index (Phi) is 2.52. The van der Waals surface area contributed by atoms with Gasteiger partial charge in [0, 0.05) is 11.3 Å². The second-order valence-electron chi connectivity index (χ2n) is 10.2. The third-order valence-corrected chi connectivity index (χ3v) is 8.92. The van der Waals surface area contributed by atoms with Crippen molar-refractivity contribution in [2.75, 3.05) is 0 Å². The number of hydrogen-bond acceptors (Lipinski definition) is 3. The highest BCUT2D eigenvalue weighted by Gasteiger charge is 2.79. The first kappa shape index (κ1) is 14.9. The minimum Gasteiger partial charge on any atom is -0.392 e. The van der Waals surface area contributed by atoms with Crippen LogP contribution in [0.4, 0.5) is 0 Å². The molecule has 0 unspecified atom stereocenters. The molecule has 1 spiro atoms. The van der Waals surface area contributed by atoms with Crippen molar-refractivity contribution in [3.8, 4) is 0 Å². The van der Waals surface area contributed by atoms with Crippen LogP contribution in [0.3, 0.4) is 0 Å². The zero-order valence-corrected chi connectivity index (χ0v) is 14.7. The Balaban J connectivity index is 1.69. The van der Waals surface area contributed by atoms with Crippen LogP contribution in [0.1, 0.15) is 53.4 Å². The molecule has 0 radical (unpaired) electrons. The fourth-order valence-corrected chi connectivity index (χ4v) is 8.13. The Hall–Kier alpha value is -0.380. The van der Waals surface area contributed by atoms with Crippen LogP contribution in [-0.4, -0.2) is 34.1 Å². The number of ether oxygens (including phenoxy) is 1. The Labute approximate surface area is 139 Å². The molecule has 0 aromatic rings. The average molecular weight is 318 g/mol. The molecule has 5 fully saturated rings. The van der Waals surface area contributed by atoms with E-state index in [-0.39, 0.29) is 28.3 Å². The highest BCUT2D eigenvalue weighted by molar-refractivity contribution is 5.29. The fraction of sp³-hybridized carbons (Fsp3) is 0.900. The first-order chi connectivity index (χ1) is 10.7. The Morgan fingerprint density at radius 2 is 1.83 bits per heavy atom. The molecular weight excluding hydrogens is 288 g/mol. The predicted molar refractivity (Wildman–Crippen MR) is 87.7 cm³/mol. The van der Waals surface area contributed by atoms with Gasteiger partial charge >= 0.3 is 0 Å². The first-order valence-corrected chi connectivity index (χ1v) is 9.38. The summed E-state index contributed by atoms with van der Waals surface area (Å²) in [5, 5.41) is 22.5. The van der Waals surface area contributed by atoms with E-state index in [4.69, 9.17) is 4.74 Å². The zero-order chi connectivity index (χ0) is 16.4. The topological polar surface area (TPSA) is 49.7 Å². The number of allylic oxidation sites excluding steroid dienone is 2. The summed E-state index contributed by atoms with van der Waals surface area (Å²) in [6.07, 6.45) is 7.85. The molecule has 4 aliphatic carbocycles. The van der Waals surface area contributed by atoms with Crippen LogP contribution in [0.5, 0.6) is 0 Å². The highest BCUT2D eigenvalue weighted by atomic mass is 16.5. The number of fused-ring (bicyclic) bond motifs is 1. The predicted octanol–water partition coefficient (Wildman–Crippen LogP) is 2.90. The Morgan fingerprint density at radius 1 is 1.09 bits per heavy atom. The summed E-state index contributed by atoms with van der Waals surface area (Å²) < 4.78 is 6.46. The molecule has 2 aliphatic heterocycles. The first-order valence-electron chi connectivity index (χ1n) is 9.38. The molecule has 0 amide bonds. The lowest BCUT2D eigenvalue weighted by molar-refractivity contribution is -0.291. The summed E-state index contributed by atoms with van der Waals surface area (Å²) >= 11 is 0. The second kappa shape index (κ2) is 3.89. The van der Waals surface area contributed by atoms with E-state index in [0.29, 0.717) is 11.8 Å². The maximum absolute atomic E-state index is 11.3. The average Bonchev–Trinajstić information content (AvgIpc) is 2.80. The quantitative estimate of drug-likeness (QED) is 0.675. The number of hydrogen-bond donors (Lipinski definition) is 2. The van der Waals surface area contributed by atoms with E-state index in [0.717, 1.165) is 25.7 Å². The van der Waals surface area contributed by atoms with Crippen LogP contribution in [-0.2, 0) is 4.74 Å². The van der Waals surface area contributed by atoms with Gasteiger partial charge < -0.3 is 14.9 Å². The molecule has 0 aromatic heterocycles. The Morgan fingerprint density at radius 3 is 2.52 bits per heavy atom. The van der Waals surface area contributed by atoms with Gasteiger partial charge in [0.05, 0.1) is 23.9 Å². The van der Waals surface area contributed by atoms with Crippen molar-refractivity contribution >= 4 is 0 Å². The van der Waals surface area contributed by atoms with Gasteiger partial charge in [-0.2, -0.15) is 0 Å². The minimum absolute atomic E-state index is 0.100. The molecule has 6 aliphatic rings. The summed E-state index contributed by atoms with van der Waals surface area (Å²) in [5.41, 5.74) is -0.554. The maximum Gasteiger partial charge on any atom is 0.0951 e. The van der Waals surface area contributed by atoms with Crippen molar-refractivity contribution in [2.45, 2.75) is 77.3 Å². The molecular formula is C20H30O3. The van der Waals surface area contributed by atoms with Crippen molar-refractivity contribution in [3.63, 3.8) is 0 Å². The van der Waals surface area contributed by atoms with Crippen molar-refractivity contribution < 1.29 is 14.9 Å². The normalized spacial score (nSPS) is 64.8. The molecule has 4 bridgehead atoms. The van der Waals surface area contributed by atoms with E-state index >= 15 is 0 Å². The number of aliphatic hydroxyl groups excluding tert-OH is 2. The van der Waals surface area contributed by atoms with Gasteiger partial charge in [-0.05, 0) is 55.3 Å². The lowest BCUT2D eigenvalue weighted by Gasteiger charge is -2.67. The summed E-state index contributed by atoms with van der Waals surface area (Å²) in [6.45, 7) is 9.10. The lowest BCUT2D eigenvalue weighted by Crippen LogP contribution is -2.70. The molecule has 3 heteroatoms. The van der Waals surface area contributed by atoms with Crippen LogP contribution in [0.15, 0.2) is 12.2 Å². The van der Waals surface area contributed by atoms with Crippen LogP contribution in [0.2, 0.25) is 0 Å². The van der Waals surface area contributed by atoms with Crippen LogP contribution in [0, 0.1) is 34.0 Å². The summed E-state index contributed by atoms with van der Waals surface area (Å²) in [5.74, 6) is 1.14. The molecule has 3 nitrogen and oxygen atoms in total. The molecule has 2 N–H and O–H groups in total. The molecule has 9 atom stereocenters. The van der Waals surface area contributed by atoms with Gasteiger partial charge in [0.2, 0.25) is 0 Å². The van der Waals surface area contributed by atoms with Gasteiger partial charge in [-0.15, -0.1) is 0 Å². The molecule has 0 aromatic carbocycles. The van der Waals surface area contributed by atoms with E-state index in [2.05, 4.69) is 39.8 Å². The Bertz CT molecular complexity index is 598. The molecule has 2 saturated heterocycles. The number of aliphatic hydroxyl groups is 2. The monoisotopic (exact) mass is 318 g/mol. The molecule has 3 saturated carbocycles. The number of rotatable bonds is 0. The largest absolute Gasteiger partial charge is 0.392 e. The van der Waals surface area contributed by atoms with Gasteiger partial charge in [0.1, 0.15) is 0 Å². The highest BCUT2D eigenvalue weighted by Crippen LogP contribution is 2.76. The van der Waals surface area contributed by atoms with Gasteiger partial charge in [-0.1, -0.05) is 32.9 Å². The molecule has 2 heterocycles. The van der Waals surface area contributed by atoms with E-state index in [1.54, 1.807) is 0 Å². The van der Waals surface area contributed by atoms with E-state index in [1.165, 1.54) is 0 Å². The van der Waals surface area contributed by atoms with E-state index < -0.39 is 17.8 Å².